The van der Waals surface area contributed by atoms with Crippen LogP contribution in [0, 0.1) is 5.82 Å². The lowest BCUT2D eigenvalue weighted by molar-refractivity contribution is -0.131. The molecule has 0 unspecified atom stereocenters. The number of benzene rings is 2. The van der Waals surface area contributed by atoms with Crippen LogP contribution in [0.1, 0.15) is 62.4 Å². The zero-order valence-corrected chi connectivity index (χ0v) is 30.3. The zero-order chi connectivity index (χ0) is 36.6. The number of carbonyl (C=O) groups is 3. The molecule has 276 valence electrons. The molecule has 0 spiro atoms. The van der Waals surface area contributed by atoms with Crippen LogP contribution in [0.2, 0.25) is 0 Å². The highest BCUT2D eigenvalue weighted by atomic mass is 19.1. The van der Waals surface area contributed by atoms with Gasteiger partial charge in [0.25, 0.3) is 0 Å². The number of anilines is 1. The Hall–Kier alpha value is -4.88. The molecule has 4 aromatic rings. The van der Waals surface area contributed by atoms with Crippen molar-refractivity contribution in [3.63, 3.8) is 0 Å². The molecule has 2 aliphatic heterocycles. The van der Waals surface area contributed by atoms with Crippen LogP contribution in [0.3, 0.4) is 0 Å². The number of piperazine rings is 1. The van der Waals surface area contributed by atoms with E-state index in [1.807, 2.05) is 53.9 Å². The third kappa shape index (κ3) is 8.94. The molecule has 0 aliphatic carbocycles. The summed E-state index contributed by atoms with van der Waals surface area (Å²) in [6.45, 7) is 11.8. The van der Waals surface area contributed by atoms with E-state index in [2.05, 4.69) is 25.9 Å². The summed E-state index contributed by atoms with van der Waals surface area (Å²) >= 11 is 0. The maximum Gasteiger partial charge on any atom is 0.229 e. The van der Waals surface area contributed by atoms with Gasteiger partial charge in [0.15, 0.2) is 5.65 Å². The zero-order valence-electron chi connectivity index (χ0n) is 30.3. The monoisotopic (exact) mass is 712 g/mol. The number of ether oxygens (including phenoxy) is 1. The lowest BCUT2D eigenvalue weighted by Gasteiger charge is -2.34. The SMILES string of the molecule is CCc1nc2c(cnn2CC)c(NC2CCOCC2)c1CNC(=O)CC(=O)NCc1ccc(F)c(-c2cccc(CN3CCN(C(C)=O)CC3)c2)c1. The second-order valence-electron chi connectivity index (χ2n) is 13.5. The van der Waals surface area contributed by atoms with Gasteiger partial charge in [0.1, 0.15) is 12.2 Å². The first-order valence-electron chi connectivity index (χ1n) is 18.3. The fourth-order valence-electron chi connectivity index (χ4n) is 6.98. The third-order valence-corrected chi connectivity index (χ3v) is 9.94. The topological polar surface area (TPSA) is 134 Å². The lowest BCUT2D eigenvalue weighted by atomic mass is 10.00. The van der Waals surface area contributed by atoms with Crippen molar-refractivity contribution in [2.24, 2.45) is 0 Å². The van der Waals surface area contributed by atoms with Crippen LogP contribution in [0.5, 0.6) is 0 Å². The Balaban J connectivity index is 1.06. The van der Waals surface area contributed by atoms with Crippen LogP contribution in [0.15, 0.2) is 48.7 Å². The first kappa shape index (κ1) is 36.9. The minimum Gasteiger partial charge on any atom is -0.381 e. The van der Waals surface area contributed by atoms with Crippen molar-refractivity contribution in [2.45, 2.75) is 78.7 Å². The lowest BCUT2D eigenvalue weighted by Crippen LogP contribution is -2.47. The van der Waals surface area contributed by atoms with E-state index < -0.39 is 11.8 Å². The second kappa shape index (κ2) is 17.1. The van der Waals surface area contributed by atoms with Gasteiger partial charge in [0.2, 0.25) is 17.7 Å². The molecule has 6 rings (SSSR count). The van der Waals surface area contributed by atoms with Crippen LogP contribution < -0.4 is 16.0 Å². The summed E-state index contributed by atoms with van der Waals surface area (Å²) in [5.41, 5.74) is 6.46. The van der Waals surface area contributed by atoms with Gasteiger partial charge >= 0.3 is 0 Å². The van der Waals surface area contributed by atoms with Crippen LogP contribution in [-0.4, -0.2) is 87.7 Å². The van der Waals surface area contributed by atoms with Gasteiger partial charge in [-0.1, -0.05) is 31.2 Å². The molecule has 52 heavy (non-hydrogen) atoms. The minimum absolute atomic E-state index is 0.0954. The summed E-state index contributed by atoms with van der Waals surface area (Å²) in [5.74, 6) is -1.09. The van der Waals surface area contributed by atoms with E-state index in [1.54, 1.807) is 19.1 Å². The Bertz CT molecular complexity index is 1900. The van der Waals surface area contributed by atoms with E-state index >= 15 is 4.39 Å². The summed E-state index contributed by atoms with van der Waals surface area (Å²) in [6.07, 6.45) is 3.91. The van der Waals surface area contributed by atoms with Crippen molar-refractivity contribution in [1.82, 2.24) is 35.2 Å². The number of amides is 3. The highest BCUT2D eigenvalue weighted by Crippen LogP contribution is 2.31. The van der Waals surface area contributed by atoms with Crippen LogP contribution >= 0.6 is 0 Å². The molecule has 0 bridgehead atoms. The normalized spacial score (nSPS) is 15.5. The van der Waals surface area contributed by atoms with Crippen molar-refractivity contribution in [1.29, 1.82) is 0 Å². The van der Waals surface area contributed by atoms with Crippen molar-refractivity contribution in [3.8, 4) is 11.1 Å². The number of halogens is 1. The molecule has 12 nitrogen and oxygen atoms in total. The molecular formula is C39H49FN8O4. The average molecular weight is 713 g/mol. The molecule has 4 heterocycles. The van der Waals surface area contributed by atoms with Gasteiger partial charge in [0, 0.05) is 95.4 Å². The summed E-state index contributed by atoms with van der Waals surface area (Å²) in [6, 6.07) is 12.8. The number of nitrogens with one attached hydrogen (secondary N) is 3. The van der Waals surface area contributed by atoms with E-state index in [-0.39, 0.29) is 37.3 Å². The van der Waals surface area contributed by atoms with E-state index in [0.29, 0.717) is 51.4 Å². The van der Waals surface area contributed by atoms with Crippen molar-refractivity contribution in [3.05, 3.63) is 76.9 Å². The Kier molecular flexibility index (Phi) is 12.1. The first-order valence-corrected chi connectivity index (χ1v) is 18.3. The van der Waals surface area contributed by atoms with E-state index in [4.69, 9.17) is 9.72 Å². The number of aryl methyl sites for hydroxylation is 2. The number of fused-ring (bicyclic) bond motifs is 1. The molecule has 2 fully saturated rings. The van der Waals surface area contributed by atoms with Gasteiger partial charge in [-0.2, -0.15) is 5.10 Å². The largest absolute Gasteiger partial charge is 0.381 e. The predicted octanol–water partition coefficient (Wildman–Crippen LogP) is 4.40. The van der Waals surface area contributed by atoms with E-state index in [1.165, 1.54) is 6.07 Å². The van der Waals surface area contributed by atoms with Crippen LogP contribution in [-0.2, 0) is 51.7 Å². The fraction of sp³-hybridized carbons (Fsp3) is 0.462. The maximum atomic E-state index is 15.1. The molecule has 3 amide bonds. The Morgan fingerprint density at radius 3 is 2.40 bits per heavy atom. The third-order valence-electron chi connectivity index (χ3n) is 9.94. The molecule has 3 N–H and O–H groups in total. The molecule has 2 aliphatic rings. The van der Waals surface area contributed by atoms with Crippen molar-refractivity contribution < 1.29 is 23.5 Å². The van der Waals surface area contributed by atoms with Gasteiger partial charge in [-0.3, -0.25) is 19.3 Å². The number of hydrogen-bond acceptors (Lipinski definition) is 8. The van der Waals surface area contributed by atoms with Crippen LogP contribution in [0.4, 0.5) is 10.1 Å². The first-order chi connectivity index (χ1) is 25.2. The highest BCUT2D eigenvalue weighted by Gasteiger charge is 2.23. The van der Waals surface area contributed by atoms with E-state index in [0.717, 1.165) is 70.6 Å². The molecule has 13 heteroatoms. The molecular weight excluding hydrogens is 663 g/mol. The van der Waals surface area contributed by atoms with Crippen LogP contribution in [0.25, 0.3) is 22.2 Å². The highest BCUT2D eigenvalue weighted by molar-refractivity contribution is 5.97. The average Bonchev–Trinajstić information content (AvgIpc) is 3.57. The number of carbonyl (C=O) groups excluding carboxylic acids is 3. The van der Waals surface area contributed by atoms with Crippen molar-refractivity contribution >= 4 is 34.4 Å². The summed E-state index contributed by atoms with van der Waals surface area (Å²) < 4.78 is 22.5. The molecule has 0 radical (unpaired) electrons. The standard InChI is InChI=1S/C39H49FN8O4/c1-4-35-32(38(44-30-11-17-52-18-12-30)33-24-43-48(5-2)39(33)45-35)23-42-37(51)21-36(50)41-22-27-9-10-34(40)31(20-27)29-8-6-7-28(19-29)25-46-13-15-47(16-14-46)26(3)49/h6-10,19-20,24,30H,4-5,11-18,21-23,25H2,1-3H3,(H,41,50)(H,42,51)(H,44,45). The Labute approximate surface area is 304 Å². The van der Waals surface area contributed by atoms with Gasteiger partial charge < -0.3 is 25.6 Å². The smallest absolute Gasteiger partial charge is 0.229 e. The second-order valence-corrected chi connectivity index (χ2v) is 13.5. The van der Waals surface area contributed by atoms with Gasteiger partial charge in [-0.05, 0) is 61.1 Å². The molecule has 2 aromatic carbocycles. The minimum atomic E-state index is -0.427. The fourth-order valence-corrected chi connectivity index (χ4v) is 6.98. The van der Waals surface area contributed by atoms with Crippen molar-refractivity contribution in [2.75, 3.05) is 44.7 Å². The Morgan fingerprint density at radius 1 is 0.942 bits per heavy atom. The van der Waals surface area contributed by atoms with E-state index in [9.17, 15) is 14.4 Å². The van der Waals surface area contributed by atoms with Gasteiger partial charge in [-0.25, -0.2) is 14.1 Å². The number of pyridine rings is 1. The number of rotatable bonds is 13. The summed E-state index contributed by atoms with van der Waals surface area (Å²) in [4.78, 5) is 46.7. The number of hydrogen-bond donors (Lipinski definition) is 3. The molecule has 2 saturated heterocycles. The quantitative estimate of drug-likeness (QED) is 0.174. The molecule has 2 aromatic heterocycles. The maximum absolute atomic E-state index is 15.1. The summed E-state index contributed by atoms with van der Waals surface area (Å²) in [5, 5.41) is 14.9. The summed E-state index contributed by atoms with van der Waals surface area (Å²) in [7, 11) is 0. The number of aromatic nitrogens is 3. The molecule has 0 atom stereocenters. The number of nitrogens with zero attached hydrogens (tertiary/aromatic N) is 5. The predicted molar refractivity (Wildman–Crippen MR) is 198 cm³/mol. The van der Waals surface area contributed by atoms with Gasteiger partial charge in [0.05, 0.1) is 17.3 Å². The van der Waals surface area contributed by atoms with Gasteiger partial charge in [-0.15, -0.1) is 0 Å². The molecule has 0 saturated carbocycles. The Morgan fingerprint density at radius 2 is 1.69 bits per heavy atom.